The molecule has 0 saturated heterocycles. The van der Waals surface area contributed by atoms with E-state index >= 15 is 0 Å². The molecule has 2 N–H and O–H groups in total. The van der Waals surface area contributed by atoms with Gasteiger partial charge in [0.05, 0.1) is 16.6 Å². The van der Waals surface area contributed by atoms with Crippen molar-refractivity contribution < 1.29 is 9.90 Å². The number of nitrogens with one attached hydrogen (secondary N) is 1. The molecule has 0 aromatic heterocycles. The SMILES string of the molecule is O=C(NC(CCO)c1ccccc1)c1ccccc1Cl. The molecule has 2 aromatic rings. The highest BCUT2D eigenvalue weighted by Gasteiger charge is 2.16. The monoisotopic (exact) mass is 289 g/mol. The summed E-state index contributed by atoms with van der Waals surface area (Å²) in [5, 5.41) is 12.5. The Labute approximate surface area is 123 Å². The molecular formula is C16H16ClNO2. The third kappa shape index (κ3) is 3.59. The minimum atomic E-state index is -0.238. The Morgan fingerprint density at radius 2 is 1.75 bits per heavy atom. The Bertz CT molecular complexity index is 572. The molecule has 3 nitrogen and oxygen atoms in total. The minimum absolute atomic E-state index is 0.00234. The summed E-state index contributed by atoms with van der Waals surface area (Å²) in [4.78, 5) is 12.2. The smallest absolute Gasteiger partial charge is 0.253 e. The van der Waals surface area contributed by atoms with Crippen LogP contribution >= 0.6 is 11.6 Å². The zero-order valence-corrected chi connectivity index (χ0v) is 11.7. The van der Waals surface area contributed by atoms with Crippen LogP contribution in [-0.2, 0) is 0 Å². The first-order valence-electron chi connectivity index (χ1n) is 6.43. The predicted molar refractivity (Wildman–Crippen MR) is 79.8 cm³/mol. The highest BCUT2D eigenvalue weighted by molar-refractivity contribution is 6.33. The van der Waals surface area contributed by atoms with Gasteiger partial charge in [0.25, 0.3) is 5.91 Å². The molecule has 104 valence electrons. The van der Waals surface area contributed by atoms with Gasteiger partial charge in [0.1, 0.15) is 0 Å². The van der Waals surface area contributed by atoms with Crippen LogP contribution in [0.3, 0.4) is 0 Å². The fraction of sp³-hybridized carbons (Fsp3) is 0.188. The van der Waals surface area contributed by atoms with Crippen LogP contribution in [0.2, 0.25) is 5.02 Å². The molecule has 0 spiro atoms. The van der Waals surface area contributed by atoms with Gasteiger partial charge in [-0.1, -0.05) is 54.1 Å². The molecule has 0 radical (unpaired) electrons. The standard InChI is InChI=1S/C16H16ClNO2/c17-14-9-5-4-8-13(14)16(20)18-15(10-11-19)12-6-2-1-3-7-12/h1-9,15,19H,10-11H2,(H,18,20). The Hall–Kier alpha value is -1.84. The summed E-state index contributed by atoms with van der Waals surface area (Å²) < 4.78 is 0. The normalized spacial score (nSPS) is 11.9. The number of carbonyl (C=O) groups is 1. The first kappa shape index (κ1) is 14.6. The van der Waals surface area contributed by atoms with Gasteiger partial charge in [-0.05, 0) is 24.1 Å². The molecule has 1 amide bonds. The second-order valence-corrected chi connectivity index (χ2v) is 4.84. The fourth-order valence-electron chi connectivity index (χ4n) is 2.02. The van der Waals surface area contributed by atoms with Crippen molar-refractivity contribution in [2.24, 2.45) is 0 Å². The number of hydrogen-bond acceptors (Lipinski definition) is 2. The van der Waals surface area contributed by atoms with Crippen molar-refractivity contribution in [1.29, 1.82) is 0 Å². The average molecular weight is 290 g/mol. The number of hydrogen-bond donors (Lipinski definition) is 2. The summed E-state index contributed by atoms with van der Waals surface area (Å²) in [6, 6.07) is 16.2. The van der Waals surface area contributed by atoms with Gasteiger partial charge >= 0.3 is 0 Å². The number of rotatable bonds is 5. The third-order valence-electron chi connectivity index (χ3n) is 3.04. The van der Waals surface area contributed by atoms with E-state index in [9.17, 15) is 4.79 Å². The second-order valence-electron chi connectivity index (χ2n) is 4.43. The van der Waals surface area contributed by atoms with Crippen molar-refractivity contribution in [2.75, 3.05) is 6.61 Å². The maximum Gasteiger partial charge on any atom is 0.253 e. The first-order chi connectivity index (χ1) is 9.72. The van der Waals surface area contributed by atoms with Crippen molar-refractivity contribution in [3.63, 3.8) is 0 Å². The Morgan fingerprint density at radius 1 is 1.10 bits per heavy atom. The first-order valence-corrected chi connectivity index (χ1v) is 6.81. The molecule has 20 heavy (non-hydrogen) atoms. The van der Waals surface area contributed by atoms with Gasteiger partial charge in [0.15, 0.2) is 0 Å². The quantitative estimate of drug-likeness (QED) is 0.888. The predicted octanol–water partition coefficient (Wildman–Crippen LogP) is 3.19. The molecule has 2 aromatic carbocycles. The Balaban J connectivity index is 2.17. The van der Waals surface area contributed by atoms with E-state index < -0.39 is 0 Å². The lowest BCUT2D eigenvalue weighted by atomic mass is 10.0. The van der Waals surface area contributed by atoms with E-state index in [1.54, 1.807) is 24.3 Å². The molecule has 0 aliphatic carbocycles. The van der Waals surface area contributed by atoms with E-state index in [0.717, 1.165) is 5.56 Å². The van der Waals surface area contributed by atoms with Crippen LogP contribution in [-0.4, -0.2) is 17.6 Å². The van der Waals surface area contributed by atoms with Crippen LogP contribution in [0.1, 0.15) is 28.4 Å². The van der Waals surface area contributed by atoms with E-state index in [4.69, 9.17) is 16.7 Å². The topological polar surface area (TPSA) is 49.3 Å². The summed E-state index contributed by atoms with van der Waals surface area (Å²) in [7, 11) is 0. The number of carbonyl (C=O) groups excluding carboxylic acids is 1. The van der Waals surface area contributed by atoms with Gasteiger partial charge in [-0.25, -0.2) is 0 Å². The molecule has 0 aliphatic rings. The zero-order chi connectivity index (χ0) is 14.4. The molecule has 0 heterocycles. The molecule has 0 fully saturated rings. The largest absolute Gasteiger partial charge is 0.396 e. The highest BCUT2D eigenvalue weighted by Crippen LogP contribution is 2.19. The van der Waals surface area contributed by atoms with Crippen molar-refractivity contribution in [1.82, 2.24) is 5.32 Å². The lowest BCUT2D eigenvalue weighted by Crippen LogP contribution is -2.29. The zero-order valence-electron chi connectivity index (χ0n) is 10.9. The average Bonchev–Trinajstić information content (AvgIpc) is 2.48. The van der Waals surface area contributed by atoms with Gasteiger partial charge in [-0.2, -0.15) is 0 Å². The van der Waals surface area contributed by atoms with Crippen LogP contribution in [0, 0.1) is 0 Å². The van der Waals surface area contributed by atoms with Gasteiger partial charge in [0, 0.05) is 6.61 Å². The number of halogens is 1. The highest BCUT2D eigenvalue weighted by atomic mass is 35.5. The molecule has 1 unspecified atom stereocenters. The van der Waals surface area contributed by atoms with E-state index in [2.05, 4.69) is 5.32 Å². The van der Waals surface area contributed by atoms with Crippen molar-refractivity contribution >= 4 is 17.5 Å². The lowest BCUT2D eigenvalue weighted by Gasteiger charge is -2.18. The van der Waals surface area contributed by atoms with Crippen molar-refractivity contribution in [2.45, 2.75) is 12.5 Å². The molecule has 0 aliphatic heterocycles. The van der Waals surface area contributed by atoms with Crippen molar-refractivity contribution in [3.05, 3.63) is 70.7 Å². The molecule has 0 bridgehead atoms. The molecule has 0 saturated carbocycles. The summed E-state index contributed by atoms with van der Waals surface area (Å²) in [6.07, 6.45) is 0.459. The van der Waals surface area contributed by atoms with Gasteiger partial charge in [-0.15, -0.1) is 0 Å². The van der Waals surface area contributed by atoms with Crippen LogP contribution in [0.5, 0.6) is 0 Å². The number of aliphatic hydroxyl groups excluding tert-OH is 1. The summed E-state index contributed by atoms with van der Waals surface area (Å²) in [5.74, 6) is -0.238. The van der Waals surface area contributed by atoms with Gasteiger partial charge in [-0.3, -0.25) is 4.79 Å². The van der Waals surface area contributed by atoms with Crippen LogP contribution < -0.4 is 5.32 Å². The van der Waals surface area contributed by atoms with E-state index in [-0.39, 0.29) is 18.6 Å². The van der Waals surface area contributed by atoms with Crippen molar-refractivity contribution in [3.8, 4) is 0 Å². The third-order valence-corrected chi connectivity index (χ3v) is 3.37. The van der Waals surface area contributed by atoms with Gasteiger partial charge in [0.2, 0.25) is 0 Å². The summed E-state index contributed by atoms with van der Waals surface area (Å²) in [5.41, 5.74) is 1.40. The van der Waals surface area contributed by atoms with E-state index in [1.807, 2.05) is 30.3 Å². The molecule has 1 atom stereocenters. The molecular weight excluding hydrogens is 274 g/mol. The molecule has 2 rings (SSSR count). The van der Waals surface area contributed by atoms with Crippen LogP contribution in [0.4, 0.5) is 0 Å². The molecule has 4 heteroatoms. The minimum Gasteiger partial charge on any atom is -0.396 e. The lowest BCUT2D eigenvalue weighted by molar-refractivity contribution is 0.0930. The van der Waals surface area contributed by atoms with Crippen LogP contribution in [0.15, 0.2) is 54.6 Å². The Kier molecular flexibility index (Phi) is 5.16. The summed E-state index contributed by atoms with van der Waals surface area (Å²) in [6.45, 7) is 0.00234. The summed E-state index contributed by atoms with van der Waals surface area (Å²) >= 11 is 6.02. The number of benzene rings is 2. The van der Waals surface area contributed by atoms with E-state index in [1.165, 1.54) is 0 Å². The van der Waals surface area contributed by atoms with Gasteiger partial charge < -0.3 is 10.4 Å². The fourth-order valence-corrected chi connectivity index (χ4v) is 2.24. The maximum absolute atomic E-state index is 12.2. The number of amides is 1. The maximum atomic E-state index is 12.2. The van der Waals surface area contributed by atoms with Crippen LogP contribution in [0.25, 0.3) is 0 Å². The Morgan fingerprint density at radius 3 is 2.40 bits per heavy atom. The van der Waals surface area contributed by atoms with E-state index in [0.29, 0.717) is 17.0 Å². The number of aliphatic hydroxyl groups is 1. The second kappa shape index (κ2) is 7.08.